The third-order valence-corrected chi connectivity index (χ3v) is 5.22. The number of carboxylic acids is 2. The number of aliphatic carboxylic acids is 2. The Morgan fingerprint density at radius 3 is 2.03 bits per heavy atom. The number of hydrogen-bond acceptors (Lipinski definition) is 6. The number of nitrogens with zero attached hydrogens (tertiary/aromatic N) is 4. The lowest BCUT2D eigenvalue weighted by molar-refractivity contribution is -0.193. The number of imidazole rings is 1. The number of aromatic nitrogens is 3. The third kappa shape index (κ3) is 8.68. The van der Waals surface area contributed by atoms with E-state index >= 15 is 0 Å². The van der Waals surface area contributed by atoms with Gasteiger partial charge in [0.2, 0.25) is 0 Å². The molecule has 1 aliphatic rings. The van der Waals surface area contributed by atoms with Crippen LogP contribution >= 0.6 is 11.3 Å². The standard InChI is InChI=1S/C16H16N4S.2C2HF3O2/c1-2-14(21-9-1)11-19-7-8-20-15(10-18-16(20)12-19)13-3-5-17-6-4-13;2*3-2(4,5)1(6)7/h1-6,9-10H,7-8,11-12H2;2*(H,6,7). The molecule has 35 heavy (non-hydrogen) atoms. The first-order valence-electron chi connectivity index (χ1n) is 9.58. The van der Waals surface area contributed by atoms with Gasteiger partial charge in [-0.15, -0.1) is 11.3 Å². The Balaban J connectivity index is 0.000000257. The summed E-state index contributed by atoms with van der Waals surface area (Å²) in [7, 11) is 0. The van der Waals surface area contributed by atoms with Crippen LogP contribution in [0.15, 0.2) is 48.2 Å². The van der Waals surface area contributed by atoms with Crippen LogP contribution in [-0.2, 0) is 29.2 Å². The van der Waals surface area contributed by atoms with E-state index in [1.807, 2.05) is 42.1 Å². The maximum atomic E-state index is 10.6. The van der Waals surface area contributed by atoms with Gasteiger partial charge in [0.1, 0.15) is 5.82 Å². The number of thiophene rings is 1. The number of carbonyl (C=O) groups is 2. The van der Waals surface area contributed by atoms with E-state index < -0.39 is 24.3 Å². The lowest BCUT2D eigenvalue weighted by Gasteiger charge is -2.28. The molecule has 0 saturated heterocycles. The van der Waals surface area contributed by atoms with Crippen LogP contribution in [0.25, 0.3) is 11.3 Å². The van der Waals surface area contributed by atoms with Gasteiger partial charge < -0.3 is 14.8 Å². The molecule has 0 radical (unpaired) electrons. The van der Waals surface area contributed by atoms with Gasteiger partial charge in [-0.2, -0.15) is 26.3 Å². The minimum Gasteiger partial charge on any atom is -0.475 e. The Labute approximate surface area is 198 Å². The molecule has 2 N–H and O–H groups in total. The Kier molecular flexibility index (Phi) is 9.36. The highest BCUT2D eigenvalue weighted by atomic mass is 32.1. The van der Waals surface area contributed by atoms with Gasteiger partial charge in [-0.25, -0.2) is 14.6 Å². The summed E-state index contributed by atoms with van der Waals surface area (Å²) in [6.07, 6.45) is -4.51. The second kappa shape index (κ2) is 11.8. The second-order valence-corrected chi connectivity index (χ2v) is 7.88. The first-order chi connectivity index (χ1) is 16.3. The van der Waals surface area contributed by atoms with Crippen molar-refractivity contribution in [2.24, 2.45) is 0 Å². The Morgan fingerprint density at radius 1 is 0.971 bits per heavy atom. The number of pyridine rings is 1. The molecule has 8 nitrogen and oxygen atoms in total. The molecule has 0 amide bonds. The van der Waals surface area contributed by atoms with Crippen LogP contribution in [0.3, 0.4) is 0 Å². The van der Waals surface area contributed by atoms with E-state index in [9.17, 15) is 26.3 Å². The Hall–Kier alpha value is -3.46. The topological polar surface area (TPSA) is 109 Å². The molecule has 0 saturated carbocycles. The summed E-state index contributed by atoms with van der Waals surface area (Å²) in [4.78, 5) is 30.4. The van der Waals surface area contributed by atoms with Gasteiger partial charge >= 0.3 is 24.3 Å². The van der Waals surface area contributed by atoms with Gasteiger partial charge in [0.15, 0.2) is 0 Å². The molecule has 4 rings (SSSR count). The fraction of sp³-hybridized carbons (Fsp3) is 0.300. The quantitative estimate of drug-likeness (QED) is 0.492. The number of rotatable bonds is 3. The van der Waals surface area contributed by atoms with Gasteiger partial charge in [-0.1, -0.05) is 6.07 Å². The van der Waals surface area contributed by atoms with Gasteiger partial charge in [-0.3, -0.25) is 9.88 Å². The zero-order valence-electron chi connectivity index (χ0n) is 17.6. The van der Waals surface area contributed by atoms with Crippen LogP contribution in [0.5, 0.6) is 0 Å². The Morgan fingerprint density at radius 2 is 1.54 bits per heavy atom. The van der Waals surface area contributed by atoms with Crippen molar-refractivity contribution in [1.82, 2.24) is 19.4 Å². The SMILES string of the molecule is O=C(O)C(F)(F)F.O=C(O)C(F)(F)F.c1csc(CN2CCn3c(-c4ccncc4)cnc3C2)c1. The summed E-state index contributed by atoms with van der Waals surface area (Å²) in [5.74, 6) is -4.36. The normalized spacial score (nSPS) is 13.5. The highest BCUT2D eigenvalue weighted by Crippen LogP contribution is 2.24. The van der Waals surface area contributed by atoms with Gasteiger partial charge in [-0.05, 0) is 23.6 Å². The zero-order chi connectivity index (χ0) is 26.2. The molecule has 0 fully saturated rings. The third-order valence-electron chi connectivity index (χ3n) is 4.36. The van der Waals surface area contributed by atoms with E-state index in [0.29, 0.717) is 0 Å². The molecule has 3 aromatic heterocycles. The predicted octanol–water partition coefficient (Wildman–Crippen LogP) is 4.29. The van der Waals surface area contributed by atoms with Crippen LogP contribution in [0.1, 0.15) is 10.7 Å². The zero-order valence-corrected chi connectivity index (χ0v) is 18.4. The van der Waals surface area contributed by atoms with Gasteiger partial charge in [0.05, 0.1) is 18.4 Å². The average Bonchev–Trinajstić information content (AvgIpc) is 3.43. The number of carboxylic acid groups (broad SMARTS) is 2. The van der Waals surface area contributed by atoms with Crippen LogP contribution in [0.2, 0.25) is 0 Å². The van der Waals surface area contributed by atoms with Crippen LogP contribution in [-0.4, -0.2) is 60.5 Å². The maximum absolute atomic E-state index is 10.6. The first-order valence-corrected chi connectivity index (χ1v) is 10.5. The molecule has 15 heteroatoms. The largest absolute Gasteiger partial charge is 0.490 e. The number of alkyl halides is 6. The van der Waals surface area contributed by atoms with Crippen LogP contribution < -0.4 is 0 Å². The van der Waals surface area contributed by atoms with Crippen molar-refractivity contribution in [3.05, 3.63) is 58.9 Å². The van der Waals surface area contributed by atoms with E-state index in [2.05, 4.69) is 36.9 Å². The molecular formula is C20H18F6N4O4S. The summed E-state index contributed by atoms with van der Waals surface area (Å²) in [6, 6.07) is 8.41. The number of halogens is 6. The molecule has 0 spiro atoms. The highest BCUT2D eigenvalue weighted by Gasteiger charge is 2.38. The molecule has 0 bridgehead atoms. The highest BCUT2D eigenvalue weighted by molar-refractivity contribution is 7.09. The predicted molar refractivity (Wildman–Crippen MR) is 111 cm³/mol. The van der Waals surface area contributed by atoms with Crippen molar-refractivity contribution in [3.8, 4) is 11.3 Å². The van der Waals surface area contributed by atoms with E-state index in [4.69, 9.17) is 19.8 Å². The lowest BCUT2D eigenvalue weighted by atomic mass is 10.2. The summed E-state index contributed by atoms with van der Waals surface area (Å²) >= 11 is 1.82. The Bertz CT molecular complexity index is 1080. The fourth-order valence-electron chi connectivity index (χ4n) is 2.82. The molecule has 0 aliphatic carbocycles. The summed E-state index contributed by atoms with van der Waals surface area (Å²) in [6.45, 7) is 4.01. The van der Waals surface area contributed by atoms with E-state index in [0.717, 1.165) is 32.0 Å². The monoisotopic (exact) mass is 524 g/mol. The van der Waals surface area contributed by atoms with Crippen molar-refractivity contribution in [1.29, 1.82) is 0 Å². The minimum absolute atomic E-state index is 0.920. The molecule has 4 heterocycles. The van der Waals surface area contributed by atoms with E-state index in [1.165, 1.54) is 16.1 Å². The summed E-state index contributed by atoms with van der Waals surface area (Å²) in [5, 5.41) is 16.4. The molecule has 0 unspecified atom stereocenters. The van der Waals surface area contributed by atoms with Crippen molar-refractivity contribution in [2.45, 2.75) is 32.0 Å². The number of hydrogen-bond donors (Lipinski definition) is 2. The van der Waals surface area contributed by atoms with Crippen LogP contribution in [0.4, 0.5) is 26.3 Å². The van der Waals surface area contributed by atoms with E-state index in [-0.39, 0.29) is 0 Å². The van der Waals surface area contributed by atoms with Crippen molar-refractivity contribution in [2.75, 3.05) is 6.54 Å². The van der Waals surface area contributed by atoms with Crippen molar-refractivity contribution in [3.63, 3.8) is 0 Å². The van der Waals surface area contributed by atoms with Crippen molar-refractivity contribution >= 4 is 23.3 Å². The number of fused-ring (bicyclic) bond motifs is 1. The molecule has 0 aromatic carbocycles. The molecule has 0 atom stereocenters. The lowest BCUT2D eigenvalue weighted by Crippen LogP contribution is -2.33. The first kappa shape index (κ1) is 27.8. The van der Waals surface area contributed by atoms with Gasteiger partial charge in [0, 0.05) is 42.5 Å². The summed E-state index contributed by atoms with van der Waals surface area (Å²) < 4.78 is 65.8. The molecular weight excluding hydrogens is 506 g/mol. The molecule has 190 valence electrons. The second-order valence-electron chi connectivity index (χ2n) is 6.84. The smallest absolute Gasteiger partial charge is 0.475 e. The summed E-state index contributed by atoms with van der Waals surface area (Å²) in [5.41, 5.74) is 2.39. The van der Waals surface area contributed by atoms with Gasteiger partial charge in [0.25, 0.3) is 0 Å². The van der Waals surface area contributed by atoms with Crippen LogP contribution in [0, 0.1) is 0 Å². The average molecular weight is 524 g/mol. The molecule has 3 aromatic rings. The maximum Gasteiger partial charge on any atom is 0.490 e. The minimum atomic E-state index is -5.08. The van der Waals surface area contributed by atoms with Crippen molar-refractivity contribution < 1.29 is 46.1 Å². The van der Waals surface area contributed by atoms with E-state index in [1.54, 1.807) is 0 Å². The molecule has 1 aliphatic heterocycles. The fourth-order valence-corrected chi connectivity index (χ4v) is 3.57.